The van der Waals surface area contributed by atoms with Crippen LogP contribution in [0.1, 0.15) is 0 Å². The predicted octanol–water partition coefficient (Wildman–Crippen LogP) is 5.34. The zero-order chi connectivity index (χ0) is 13.1. The summed E-state index contributed by atoms with van der Waals surface area (Å²) in [6.07, 6.45) is 0. The van der Waals surface area contributed by atoms with E-state index in [9.17, 15) is 0 Å². The van der Waals surface area contributed by atoms with Gasteiger partial charge >= 0.3 is 0 Å². The van der Waals surface area contributed by atoms with Gasteiger partial charge in [-0.3, -0.25) is 0 Å². The minimum absolute atomic E-state index is 1.18. The molecule has 0 spiro atoms. The smallest absolute Gasteiger partial charge is 0.00139 e. The van der Waals surface area contributed by atoms with Gasteiger partial charge in [-0.1, -0.05) is 60.7 Å². The maximum atomic E-state index is 3.44. The molecule has 2 radical (unpaired) electrons. The Morgan fingerprint density at radius 2 is 1.40 bits per heavy atom. The summed E-state index contributed by atoms with van der Waals surface area (Å²) in [5.41, 5.74) is 0. The van der Waals surface area contributed by atoms with E-state index in [0.717, 1.165) is 0 Å². The molecule has 0 fully saturated rings. The van der Waals surface area contributed by atoms with Crippen molar-refractivity contribution in [2.24, 2.45) is 0 Å². The van der Waals surface area contributed by atoms with Gasteiger partial charge < -0.3 is 0 Å². The molecule has 0 amide bonds. The maximum Gasteiger partial charge on any atom is -0.00139 e. The molecule has 5 rings (SSSR count). The molecular formula is C20H10. The topological polar surface area (TPSA) is 0 Å². The Hall–Kier alpha value is -2.60. The van der Waals surface area contributed by atoms with Crippen molar-refractivity contribution >= 4 is 43.1 Å². The van der Waals surface area contributed by atoms with E-state index in [1.807, 2.05) is 12.1 Å². The van der Waals surface area contributed by atoms with E-state index < -0.39 is 0 Å². The van der Waals surface area contributed by atoms with Crippen molar-refractivity contribution in [3.8, 4) is 0 Å². The van der Waals surface area contributed by atoms with Crippen molar-refractivity contribution in [3.05, 3.63) is 72.8 Å². The molecule has 0 aromatic heterocycles. The van der Waals surface area contributed by atoms with Crippen LogP contribution in [0, 0.1) is 12.1 Å². The molecule has 0 heterocycles. The van der Waals surface area contributed by atoms with Crippen molar-refractivity contribution < 1.29 is 0 Å². The van der Waals surface area contributed by atoms with E-state index in [1.165, 1.54) is 43.1 Å². The van der Waals surface area contributed by atoms with E-state index in [4.69, 9.17) is 0 Å². The van der Waals surface area contributed by atoms with E-state index in [0.29, 0.717) is 0 Å². The summed E-state index contributed by atoms with van der Waals surface area (Å²) < 4.78 is 0. The summed E-state index contributed by atoms with van der Waals surface area (Å²) in [6.45, 7) is 0. The third kappa shape index (κ3) is 1.12. The Morgan fingerprint density at radius 3 is 2.40 bits per heavy atom. The first kappa shape index (κ1) is 10.2. The highest BCUT2D eigenvalue weighted by atomic mass is 14.1. The SMILES string of the molecule is [c]1ccc2c3cccc4cc[c]c(c5cccc1c52)c43. The Bertz CT molecular complexity index is 917. The summed E-state index contributed by atoms with van der Waals surface area (Å²) in [5.74, 6) is 0. The summed E-state index contributed by atoms with van der Waals surface area (Å²) >= 11 is 0. The molecule has 0 saturated heterocycles. The molecule has 0 N–H and O–H groups in total. The van der Waals surface area contributed by atoms with Gasteiger partial charge in [-0.05, 0) is 55.2 Å². The molecule has 5 aromatic carbocycles. The van der Waals surface area contributed by atoms with E-state index in [1.54, 1.807) is 0 Å². The molecule has 0 heteroatoms. The zero-order valence-corrected chi connectivity index (χ0v) is 10.8. The van der Waals surface area contributed by atoms with E-state index >= 15 is 0 Å². The minimum Gasteiger partial charge on any atom is -0.0610 e. The van der Waals surface area contributed by atoms with Gasteiger partial charge in [0.15, 0.2) is 0 Å². The molecule has 0 saturated carbocycles. The largest absolute Gasteiger partial charge is 0.0610 e. The van der Waals surface area contributed by atoms with Crippen LogP contribution in [0.15, 0.2) is 60.7 Å². The molecule has 0 atom stereocenters. The first-order valence-electron chi connectivity index (χ1n) is 6.81. The lowest BCUT2D eigenvalue weighted by Gasteiger charge is -2.13. The molecule has 20 heavy (non-hydrogen) atoms. The third-order valence-electron chi connectivity index (χ3n) is 4.22. The van der Waals surface area contributed by atoms with E-state index in [2.05, 4.69) is 60.7 Å². The number of rotatable bonds is 0. The second-order valence-electron chi connectivity index (χ2n) is 5.24. The third-order valence-corrected chi connectivity index (χ3v) is 4.22. The van der Waals surface area contributed by atoms with Crippen LogP contribution in [0.4, 0.5) is 0 Å². The Balaban J connectivity index is 2.32. The number of benzene rings is 5. The van der Waals surface area contributed by atoms with Crippen molar-refractivity contribution in [2.75, 3.05) is 0 Å². The van der Waals surface area contributed by atoms with Crippen LogP contribution < -0.4 is 0 Å². The second-order valence-corrected chi connectivity index (χ2v) is 5.24. The minimum atomic E-state index is 1.18. The quantitative estimate of drug-likeness (QED) is 0.257. The van der Waals surface area contributed by atoms with Gasteiger partial charge in [-0.15, -0.1) is 0 Å². The number of fused-ring (bicyclic) bond motifs is 2. The first-order valence-corrected chi connectivity index (χ1v) is 6.81. The van der Waals surface area contributed by atoms with Gasteiger partial charge in [0.1, 0.15) is 0 Å². The number of hydrogen-bond donors (Lipinski definition) is 0. The fourth-order valence-corrected chi connectivity index (χ4v) is 3.41. The molecule has 0 nitrogen and oxygen atoms in total. The van der Waals surface area contributed by atoms with Crippen LogP contribution in [0.5, 0.6) is 0 Å². The number of hydrogen-bond acceptors (Lipinski definition) is 0. The Labute approximate surface area is 116 Å². The highest BCUT2D eigenvalue weighted by molar-refractivity contribution is 6.32. The molecular weight excluding hydrogens is 240 g/mol. The van der Waals surface area contributed by atoms with Gasteiger partial charge in [0.25, 0.3) is 0 Å². The van der Waals surface area contributed by atoms with Gasteiger partial charge in [0.05, 0.1) is 0 Å². The van der Waals surface area contributed by atoms with Gasteiger partial charge in [0.2, 0.25) is 0 Å². The summed E-state index contributed by atoms with van der Waals surface area (Å²) in [5, 5.41) is 10.2. The molecule has 0 aliphatic rings. The van der Waals surface area contributed by atoms with Crippen molar-refractivity contribution in [1.29, 1.82) is 0 Å². The average Bonchev–Trinajstić information content (AvgIpc) is 2.52. The lowest BCUT2D eigenvalue weighted by atomic mass is 9.90. The lowest BCUT2D eigenvalue weighted by molar-refractivity contribution is 1.77. The fraction of sp³-hybridized carbons (Fsp3) is 0. The molecule has 90 valence electrons. The fourth-order valence-electron chi connectivity index (χ4n) is 3.41. The van der Waals surface area contributed by atoms with Crippen molar-refractivity contribution in [1.82, 2.24) is 0 Å². The molecule has 0 bridgehead atoms. The summed E-state index contributed by atoms with van der Waals surface area (Å²) in [4.78, 5) is 0. The molecule has 0 aliphatic carbocycles. The predicted molar refractivity (Wildman–Crippen MR) is 85.3 cm³/mol. The van der Waals surface area contributed by atoms with Crippen LogP contribution in [0.2, 0.25) is 0 Å². The average molecular weight is 250 g/mol. The molecule has 0 aliphatic heterocycles. The normalized spacial score (nSPS) is 12.0. The van der Waals surface area contributed by atoms with Gasteiger partial charge in [0, 0.05) is 0 Å². The Morgan fingerprint density at radius 1 is 0.600 bits per heavy atom. The standard InChI is InChI=1S/C20H10/c1-5-13-6-2-11-17-18-12-4-8-14-7-3-10-16(20(14)18)15(9-1)19(13)17/h1-7,10-12H. The molecule has 0 unspecified atom stereocenters. The van der Waals surface area contributed by atoms with Crippen molar-refractivity contribution in [2.45, 2.75) is 0 Å². The van der Waals surface area contributed by atoms with Crippen LogP contribution in [0.25, 0.3) is 43.1 Å². The highest BCUT2D eigenvalue weighted by Gasteiger charge is 2.11. The van der Waals surface area contributed by atoms with Crippen LogP contribution in [0.3, 0.4) is 0 Å². The van der Waals surface area contributed by atoms with Crippen molar-refractivity contribution in [3.63, 3.8) is 0 Å². The maximum absolute atomic E-state index is 3.44. The monoisotopic (exact) mass is 250 g/mol. The lowest BCUT2D eigenvalue weighted by Crippen LogP contribution is -1.86. The van der Waals surface area contributed by atoms with Gasteiger partial charge in [-0.2, -0.15) is 0 Å². The molecule has 5 aromatic rings. The van der Waals surface area contributed by atoms with Crippen LogP contribution >= 0.6 is 0 Å². The summed E-state index contributed by atoms with van der Waals surface area (Å²) in [7, 11) is 0. The zero-order valence-electron chi connectivity index (χ0n) is 10.8. The first-order chi connectivity index (χ1) is 9.93. The van der Waals surface area contributed by atoms with Crippen LogP contribution in [-0.2, 0) is 0 Å². The van der Waals surface area contributed by atoms with Crippen LogP contribution in [-0.4, -0.2) is 0 Å². The Kier molecular flexibility index (Phi) is 1.78. The van der Waals surface area contributed by atoms with Gasteiger partial charge in [-0.25, -0.2) is 0 Å². The van der Waals surface area contributed by atoms with E-state index in [-0.39, 0.29) is 0 Å². The summed E-state index contributed by atoms with van der Waals surface area (Å²) in [6, 6.07) is 28.1. The highest BCUT2D eigenvalue weighted by Crippen LogP contribution is 2.39. The second kappa shape index (κ2) is 3.49.